The highest BCUT2D eigenvalue weighted by Crippen LogP contribution is 2.22. The van der Waals surface area contributed by atoms with Gasteiger partial charge >= 0.3 is 0 Å². The van der Waals surface area contributed by atoms with Crippen LogP contribution < -0.4 is 0 Å². The number of aromatic nitrogens is 1. The number of hydrogen-bond acceptors (Lipinski definition) is 5. The van der Waals surface area contributed by atoms with Gasteiger partial charge in [-0.1, -0.05) is 12.1 Å². The van der Waals surface area contributed by atoms with Crippen LogP contribution in [0.2, 0.25) is 0 Å². The van der Waals surface area contributed by atoms with Crippen molar-refractivity contribution in [2.24, 2.45) is 0 Å². The van der Waals surface area contributed by atoms with Gasteiger partial charge in [-0.05, 0) is 31.4 Å². The van der Waals surface area contributed by atoms with Gasteiger partial charge in [-0.2, -0.15) is 0 Å². The minimum Gasteiger partial charge on any atom is -0.439 e. The fraction of sp³-hybridized carbons (Fsp3) is 0.500. The first-order valence-corrected chi connectivity index (χ1v) is 8.40. The lowest BCUT2D eigenvalue weighted by Gasteiger charge is -2.30. The molecule has 2 aromatic rings. The number of piperidine rings is 1. The molecule has 0 radical (unpaired) electrons. The predicted octanol–water partition coefficient (Wildman–Crippen LogP) is 2.84. The van der Waals surface area contributed by atoms with Gasteiger partial charge < -0.3 is 14.3 Å². The summed E-state index contributed by atoms with van der Waals surface area (Å²) in [5, 5.41) is 8.78. The van der Waals surface area contributed by atoms with E-state index in [2.05, 4.69) is 9.88 Å². The van der Waals surface area contributed by atoms with Crippen molar-refractivity contribution in [2.45, 2.75) is 31.9 Å². The van der Waals surface area contributed by atoms with Gasteiger partial charge in [0.1, 0.15) is 5.82 Å². The molecule has 0 amide bonds. The maximum Gasteiger partial charge on any atom is 0.209 e. The van der Waals surface area contributed by atoms with Crippen LogP contribution in [0.5, 0.6) is 0 Å². The summed E-state index contributed by atoms with van der Waals surface area (Å²) in [6.45, 7) is 3.32. The highest BCUT2D eigenvalue weighted by molar-refractivity contribution is 5.56. The van der Waals surface area contributed by atoms with Crippen LogP contribution in [0.25, 0.3) is 11.3 Å². The summed E-state index contributed by atoms with van der Waals surface area (Å²) in [4.78, 5) is 6.59. The Kier molecular flexibility index (Phi) is 5.96. The Hall–Kier alpha value is -1.76. The van der Waals surface area contributed by atoms with Gasteiger partial charge in [0.25, 0.3) is 0 Å². The number of aliphatic hydroxyl groups is 1. The molecule has 0 saturated carbocycles. The first kappa shape index (κ1) is 17.1. The third-order valence-electron chi connectivity index (χ3n) is 4.21. The van der Waals surface area contributed by atoms with E-state index in [0.717, 1.165) is 25.9 Å². The van der Waals surface area contributed by atoms with Crippen LogP contribution in [0.3, 0.4) is 0 Å². The van der Waals surface area contributed by atoms with E-state index in [4.69, 9.17) is 14.3 Å². The number of rotatable bonds is 7. The van der Waals surface area contributed by atoms with Crippen LogP contribution >= 0.6 is 0 Å². The number of oxazole rings is 1. The second kappa shape index (κ2) is 8.37. The Labute approximate surface area is 141 Å². The molecular formula is C18H23FN2O3. The topological polar surface area (TPSA) is 58.7 Å². The molecule has 5 nitrogen and oxygen atoms in total. The van der Waals surface area contributed by atoms with Crippen molar-refractivity contribution in [1.29, 1.82) is 0 Å². The predicted molar refractivity (Wildman–Crippen MR) is 87.9 cm³/mol. The summed E-state index contributed by atoms with van der Waals surface area (Å²) in [6.07, 6.45) is 4.57. The molecule has 0 aliphatic carbocycles. The molecule has 0 unspecified atom stereocenters. The third-order valence-corrected chi connectivity index (χ3v) is 4.21. The molecule has 6 heteroatoms. The van der Waals surface area contributed by atoms with Crippen molar-refractivity contribution in [3.05, 3.63) is 42.2 Å². The molecule has 0 spiro atoms. The average Bonchev–Trinajstić information content (AvgIpc) is 3.05. The number of halogens is 1. The SMILES string of the molecule is OCCCOC1CCN(Cc2ncc(-c3cccc(F)c3)o2)CC1. The highest BCUT2D eigenvalue weighted by Gasteiger charge is 2.21. The van der Waals surface area contributed by atoms with Crippen LogP contribution in [0.1, 0.15) is 25.2 Å². The van der Waals surface area contributed by atoms with Gasteiger partial charge in [0.2, 0.25) is 5.89 Å². The fourth-order valence-corrected chi connectivity index (χ4v) is 2.90. The molecular weight excluding hydrogens is 311 g/mol. The normalized spacial score (nSPS) is 16.6. The molecule has 1 aliphatic heterocycles. The number of hydrogen-bond donors (Lipinski definition) is 1. The smallest absolute Gasteiger partial charge is 0.209 e. The Balaban J connectivity index is 1.49. The molecule has 1 aromatic heterocycles. The Morgan fingerprint density at radius 2 is 2.17 bits per heavy atom. The summed E-state index contributed by atoms with van der Waals surface area (Å²) < 4.78 is 24.8. The van der Waals surface area contributed by atoms with Crippen LogP contribution in [-0.4, -0.2) is 47.4 Å². The molecule has 1 aliphatic rings. The zero-order chi connectivity index (χ0) is 16.8. The molecule has 130 valence electrons. The van der Waals surface area contributed by atoms with Crippen LogP contribution in [-0.2, 0) is 11.3 Å². The van der Waals surface area contributed by atoms with Gasteiger partial charge in [0, 0.05) is 31.9 Å². The van der Waals surface area contributed by atoms with E-state index in [9.17, 15) is 4.39 Å². The minimum atomic E-state index is -0.284. The maximum absolute atomic E-state index is 13.3. The molecule has 1 fully saturated rings. The molecule has 3 rings (SSSR count). The number of nitrogens with zero attached hydrogens (tertiary/aromatic N) is 2. The van der Waals surface area contributed by atoms with E-state index < -0.39 is 0 Å². The maximum atomic E-state index is 13.3. The van der Waals surface area contributed by atoms with Gasteiger partial charge in [-0.3, -0.25) is 4.90 Å². The van der Waals surface area contributed by atoms with Crippen LogP contribution in [0, 0.1) is 5.82 Å². The molecule has 0 bridgehead atoms. The zero-order valence-electron chi connectivity index (χ0n) is 13.7. The van der Waals surface area contributed by atoms with E-state index in [1.807, 2.05) is 6.07 Å². The Morgan fingerprint density at radius 1 is 1.33 bits per heavy atom. The van der Waals surface area contributed by atoms with E-state index in [1.54, 1.807) is 12.3 Å². The summed E-state index contributed by atoms with van der Waals surface area (Å²) in [5.41, 5.74) is 0.699. The van der Waals surface area contributed by atoms with Crippen molar-refractivity contribution in [3.8, 4) is 11.3 Å². The van der Waals surface area contributed by atoms with E-state index in [-0.39, 0.29) is 18.5 Å². The standard InChI is InChI=1S/C18H23FN2O3/c19-15-4-1-3-14(11-15)17-12-20-18(24-17)13-21-7-5-16(6-8-21)23-10-2-9-22/h1,3-4,11-12,16,22H,2,5-10,13H2. The average molecular weight is 334 g/mol. The lowest BCUT2D eigenvalue weighted by Crippen LogP contribution is -2.36. The lowest BCUT2D eigenvalue weighted by atomic mass is 10.1. The number of benzene rings is 1. The molecule has 1 N–H and O–H groups in total. The van der Waals surface area contributed by atoms with Crippen molar-refractivity contribution in [2.75, 3.05) is 26.3 Å². The van der Waals surface area contributed by atoms with Crippen molar-refractivity contribution in [3.63, 3.8) is 0 Å². The summed E-state index contributed by atoms with van der Waals surface area (Å²) in [7, 11) is 0. The van der Waals surface area contributed by atoms with Crippen molar-refractivity contribution < 1.29 is 18.7 Å². The molecule has 0 atom stereocenters. The van der Waals surface area contributed by atoms with Gasteiger partial charge in [-0.25, -0.2) is 9.37 Å². The minimum absolute atomic E-state index is 0.177. The van der Waals surface area contributed by atoms with Crippen molar-refractivity contribution >= 4 is 0 Å². The van der Waals surface area contributed by atoms with Crippen LogP contribution in [0.15, 0.2) is 34.9 Å². The van der Waals surface area contributed by atoms with Crippen molar-refractivity contribution in [1.82, 2.24) is 9.88 Å². The summed E-state index contributed by atoms with van der Waals surface area (Å²) in [6, 6.07) is 6.32. The first-order valence-electron chi connectivity index (χ1n) is 8.40. The number of likely N-dealkylation sites (tertiary alicyclic amines) is 1. The summed E-state index contributed by atoms with van der Waals surface area (Å²) >= 11 is 0. The van der Waals surface area contributed by atoms with Gasteiger partial charge in [0.15, 0.2) is 5.76 Å². The van der Waals surface area contributed by atoms with E-state index in [1.165, 1.54) is 12.1 Å². The van der Waals surface area contributed by atoms with E-state index in [0.29, 0.717) is 36.8 Å². The Bertz CT molecular complexity index is 639. The quantitative estimate of drug-likeness (QED) is 0.789. The van der Waals surface area contributed by atoms with E-state index >= 15 is 0 Å². The monoisotopic (exact) mass is 334 g/mol. The molecule has 24 heavy (non-hydrogen) atoms. The number of ether oxygens (including phenoxy) is 1. The summed E-state index contributed by atoms with van der Waals surface area (Å²) in [5.74, 6) is 0.953. The third kappa shape index (κ3) is 4.63. The molecule has 1 aromatic carbocycles. The van der Waals surface area contributed by atoms with Gasteiger partial charge in [0.05, 0.1) is 18.8 Å². The zero-order valence-corrected chi connectivity index (χ0v) is 13.7. The Morgan fingerprint density at radius 3 is 2.92 bits per heavy atom. The fourth-order valence-electron chi connectivity index (χ4n) is 2.90. The highest BCUT2D eigenvalue weighted by atomic mass is 19.1. The van der Waals surface area contributed by atoms with Gasteiger partial charge in [-0.15, -0.1) is 0 Å². The largest absolute Gasteiger partial charge is 0.439 e. The number of aliphatic hydroxyl groups excluding tert-OH is 1. The molecule has 2 heterocycles. The second-order valence-corrected chi connectivity index (χ2v) is 6.05. The second-order valence-electron chi connectivity index (χ2n) is 6.05. The lowest BCUT2D eigenvalue weighted by molar-refractivity contribution is -0.000559. The molecule has 1 saturated heterocycles. The van der Waals surface area contributed by atoms with Crippen LogP contribution in [0.4, 0.5) is 4.39 Å². The first-order chi connectivity index (χ1) is 11.7.